The first kappa shape index (κ1) is 24.4. The number of hydrogen-bond donors (Lipinski definition) is 0. The molecule has 8 nitrogen and oxygen atoms in total. The number of carbonyl (C=O) groups excluding carboxylic acids is 1. The Labute approximate surface area is 189 Å². The molecule has 0 unspecified atom stereocenters. The quantitative estimate of drug-likeness (QED) is 0.219. The smallest absolute Gasteiger partial charge is 0.335 e. The van der Waals surface area contributed by atoms with Gasteiger partial charge in [-0.3, -0.25) is 10.1 Å². The van der Waals surface area contributed by atoms with E-state index in [2.05, 4.69) is 22.5 Å². The first-order valence-corrected chi connectivity index (χ1v) is 11.2. The summed E-state index contributed by atoms with van der Waals surface area (Å²) in [6, 6.07) is 11.9. The molecule has 2 aromatic carbocycles. The van der Waals surface area contributed by atoms with Gasteiger partial charge in [-0.2, -0.15) is 4.31 Å². The van der Waals surface area contributed by atoms with Crippen LogP contribution in [0.15, 0.2) is 70.1 Å². The monoisotopic (exact) mass is 508 g/mol. The number of rotatable bonds is 9. The van der Waals surface area contributed by atoms with E-state index in [9.17, 15) is 23.3 Å². The van der Waals surface area contributed by atoms with Gasteiger partial charge in [0.15, 0.2) is 0 Å². The van der Waals surface area contributed by atoms with E-state index in [0.29, 0.717) is 10.0 Å². The number of carbonyl (C=O) groups is 1. The second-order valence-electron chi connectivity index (χ2n) is 6.61. The highest BCUT2D eigenvalue weighted by molar-refractivity contribution is 9.11. The number of esters is 1. The van der Waals surface area contributed by atoms with Crippen molar-refractivity contribution in [2.45, 2.75) is 11.8 Å². The summed E-state index contributed by atoms with van der Waals surface area (Å²) < 4.78 is 32.7. The van der Waals surface area contributed by atoms with E-state index < -0.39 is 20.9 Å². The second-order valence-corrected chi connectivity index (χ2v) is 9.67. The maximum atomic E-state index is 13.2. The molecule has 0 bridgehead atoms. The number of nitro benzene ring substituents is 1. The molecular formula is C21H21BrN2O6S. The van der Waals surface area contributed by atoms with Crippen LogP contribution < -0.4 is 0 Å². The largest absolute Gasteiger partial charge is 0.466 e. The summed E-state index contributed by atoms with van der Waals surface area (Å²) in [6.07, 6.45) is 1.43. The predicted molar refractivity (Wildman–Crippen MR) is 121 cm³/mol. The van der Waals surface area contributed by atoms with Crippen molar-refractivity contribution in [1.29, 1.82) is 0 Å². The van der Waals surface area contributed by atoms with Crippen LogP contribution in [-0.2, 0) is 19.6 Å². The molecule has 2 aromatic rings. The molecule has 0 N–H and O–H groups in total. The number of sulfonamides is 1. The molecule has 0 spiro atoms. The van der Waals surface area contributed by atoms with E-state index >= 15 is 0 Å². The number of non-ortho nitro benzene ring substituents is 1. The van der Waals surface area contributed by atoms with Crippen LogP contribution in [0.4, 0.5) is 5.69 Å². The molecule has 2 rings (SSSR count). The third-order valence-corrected chi connectivity index (χ3v) is 6.30. The number of halogens is 1. The Balaban J connectivity index is 2.46. The van der Waals surface area contributed by atoms with Crippen molar-refractivity contribution >= 4 is 43.7 Å². The van der Waals surface area contributed by atoms with E-state index in [1.165, 1.54) is 49.6 Å². The van der Waals surface area contributed by atoms with Crippen LogP contribution in [0, 0.1) is 17.0 Å². The van der Waals surface area contributed by atoms with Gasteiger partial charge in [-0.25, -0.2) is 13.2 Å². The molecule has 0 aromatic heterocycles. The van der Waals surface area contributed by atoms with E-state index in [4.69, 9.17) is 4.74 Å². The molecule has 10 heteroatoms. The summed E-state index contributed by atoms with van der Waals surface area (Å²) in [5.41, 5.74) is 1.34. The third kappa shape index (κ3) is 6.58. The summed E-state index contributed by atoms with van der Waals surface area (Å²) in [7, 11) is -2.77. The lowest BCUT2D eigenvalue weighted by atomic mass is 10.1. The van der Waals surface area contributed by atoms with Crippen LogP contribution in [0.1, 0.15) is 11.1 Å². The van der Waals surface area contributed by atoms with Gasteiger partial charge < -0.3 is 4.74 Å². The van der Waals surface area contributed by atoms with Crippen LogP contribution in [0.2, 0.25) is 0 Å². The average Bonchev–Trinajstić information content (AvgIpc) is 2.72. The number of nitrogens with zero attached hydrogens (tertiary/aromatic N) is 2. The van der Waals surface area contributed by atoms with Gasteiger partial charge in [0.25, 0.3) is 5.69 Å². The minimum Gasteiger partial charge on any atom is -0.466 e. The summed E-state index contributed by atoms with van der Waals surface area (Å²) in [4.78, 5) is 22.7. The molecule has 0 saturated carbocycles. The lowest BCUT2D eigenvalue weighted by Crippen LogP contribution is -2.35. The zero-order chi connectivity index (χ0) is 23.2. The normalized spacial score (nSPS) is 11.9. The van der Waals surface area contributed by atoms with Gasteiger partial charge in [-0.05, 0) is 42.8 Å². The highest BCUT2D eigenvalue weighted by Crippen LogP contribution is 2.22. The van der Waals surface area contributed by atoms with Gasteiger partial charge in [-0.15, -0.1) is 0 Å². The van der Waals surface area contributed by atoms with Crippen molar-refractivity contribution in [3.63, 3.8) is 0 Å². The minimum absolute atomic E-state index is 0.0563. The van der Waals surface area contributed by atoms with Crippen LogP contribution >= 0.6 is 15.9 Å². The Morgan fingerprint density at radius 1 is 1.16 bits per heavy atom. The molecule has 0 radical (unpaired) electrons. The summed E-state index contributed by atoms with van der Waals surface area (Å²) in [5.74, 6) is -0.720. The van der Waals surface area contributed by atoms with E-state index in [1.807, 2.05) is 6.92 Å². The molecule has 164 valence electrons. The van der Waals surface area contributed by atoms with Crippen molar-refractivity contribution in [3.05, 3.63) is 86.4 Å². The summed E-state index contributed by atoms with van der Waals surface area (Å²) in [6.45, 7) is 5.19. The first-order valence-electron chi connectivity index (χ1n) is 8.98. The zero-order valence-corrected chi connectivity index (χ0v) is 19.4. The number of ether oxygens (including phenoxy) is 1. The standard InChI is InChI=1S/C21H21BrN2O6S/c1-15-4-10-20(11-5-15)31(28,29)23(13-16(2)22)14-18(21(25)30-3)12-17-6-8-19(9-7-17)24(26)27/h4-12H,2,13-14H2,1,3H3/b18-12-. The Kier molecular flexibility index (Phi) is 8.26. The van der Waals surface area contributed by atoms with Crippen molar-refractivity contribution < 1.29 is 22.9 Å². The first-order chi connectivity index (χ1) is 14.5. The third-order valence-electron chi connectivity index (χ3n) is 4.25. The van der Waals surface area contributed by atoms with Crippen molar-refractivity contribution in [2.75, 3.05) is 20.2 Å². The molecule has 0 fully saturated rings. The Hall–Kier alpha value is -2.82. The van der Waals surface area contributed by atoms with Crippen LogP contribution in [0.5, 0.6) is 0 Å². The Morgan fingerprint density at radius 2 is 1.74 bits per heavy atom. The van der Waals surface area contributed by atoms with Crippen LogP contribution in [-0.4, -0.2) is 43.8 Å². The number of hydrogen-bond acceptors (Lipinski definition) is 6. The minimum atomic E-state index is -3.96. The van der Waals surface area contributed by atoms with Crippen molar-refractivity contribution in [1.82, 2.24) is 4.31 Å². The highest BCUT2D eigenvalue weighted by atomic mass is 79.9. The molecule has 0 aliphatic heterocycles. The van der Waals surface area contributed by atoms with Gasteiger partial charge in [0, 0.05) is 29.7 Å². The fraction of sp³-hybridized carbons (Fsp3) is 0.190. The Bertz CT molecular complexity index is 1110. The van der Waals surface area contributed by atoms with Crippen LogP contribution in [0.25, 0.3) is 6.08 Å². The van der Waals surface area contributed by atoms with Crippen LogP contribution in [0.3, 0.4) is 0 Å². The molecule has 0 amide bonds. The average molecular weight is 509 g/mol. The zero-order valence-electron chi connectivity index (χ0n) is 16.9. The van der Waals surface area contributed by atoms with Gasteiger partial charge >= 0.3 is 5.97 Å². The fourth-order valence-electron chi connectivity index (χ4n) is 2.66. The number of benzene rings is 2. The molecule has 0 saturated heterocycles. The lowest BCUT2D eigenvalue weighted by Gasteiger charge is -2.23. The van der Waals surface area contributed by atoms with E-state index in [-0.39, 0.29) is 29.2 Å². The highest BCUT2D eigenvalue weighted by Gasteiger charge is 2.27. The topological polar surface area (TPSA) is 107 Å². The number of aryl methyl sites for hydroxylation is 1. The molecule has 31 heavy (non-hydrogen) atoms. The van der Waals surface area contributed by atoms with Gasteiger partial charge in [0.05, 0.1) is 22.5 Å². The fourth-order valence-corrected chi connectivity index (χ4v) is 4.54. The Morgan fingerprint density at radius 3 is 2.23 bits per heavy atom. The molecular weight excluding hydrogens is 488 g/mol. The van der Waals surface area contributed by atoms with E-state index in [1.54, 1.807) is 12.1 Å². The van der Waals surface area contributed by atoms with Gasteiger partial charge in [0.1, 0.15) is 0 Å². The predicted octanol–water partition coefficient (Wildman–Crippen LogP) is 4.06. The number of methoxy groups -OCH3 is 1. The summed E-state index contributed by atoms with van der Waals surface area (Å²) >= 11 is 3.18. The van der Waals surface area contributed by atoms with E-state index in [0.717, 1.165) is 9.87 Å². The molecule has 0 aliphatic rings. The SMILES string of the molecule is C=C(Br)CN(C/C(=C/c1ccc([N+](=O)[O-])cc1)C(=O)OC)S(=O)(=O)c1ccc(C)cc1. The van der Waals surface area contributed by atoms with Crippen molar-refractivity contribution in [3.8, 4) is 0 Å². The lowest BCUT2D eigenvalue weighted by molar-refractivity contribution is -0.384. The van der Waals surface area contributed by atoms with Gasteiger partial charge in [-0.1, -0.05) is 40.2 Å². The molecule has 0 atom stereocenters. The molecule has 0 heterocycles. The number of nitro groups is 1. The maximum absolute atomic E-state index is 13.2. The summed E-state index contributed by atoms with van der Waals surface area (Å²) in [5, 5.41) is 10.8. The second kappa shape index (κ2) is 10.5. The van der Waals surface area contributed by atoms with Gasteiger partial charge in [0.2, 0.25) is 10.0 Å². The molecule has 0 aliphatic carbocycles. The maximum Gasteiger partial charge on any atom is 0.335 e. The van der Waals surface area contributed by atoms with Crippen molar-refractivity contribution in [2.24, 2.45) is 0 Å².